The topological polar surface area (TPSA) is 37.0 Å². The molecule has 2 atom stereocenters. The van der Waals surface area contributed by atoms with Crippen molar-refractivity contribution in [2.24, 2.45) is 5.92 Å². The molecule has 0 radical (unpaired) electrons. The highest BCUT2D eigenvalue weighted by Crippen LogP contribution is 2.36. The number of rotatable bonds is 3. The van der Waals surface area contributed by atoms with E-state index in [1.807, 2.05) is 6.20 Å². The second-order valence-corrected chi connectivity index (χ2v) is 5.86. The maximum Gasteiger partial charge on any atom is 0.113 e. The summed E-state index contributed by atoms with van der Waals surface area (Å²) in [4.78, 5) is 4.54. The number of nitrogens with one attached hydrogen (secondary N) is 2. The van der Waals surface area contributed by atoms with Gasteiger partial charge in [-0.2, -0.15) is 0 Å². The van der Waals surface area contributed by atoms with Gasteiger partial charge in [0.05, 0.1) is 5.54 Å². The van der Waals surface area contributed by atoms with Crippen LogP contribution in [-0.4, -0.2) is 24.1 Å². The minimum atomic E-state index is 0.0770. The molecular formula is C12H21N3S. The van der Waals surface area contributed by atoms with E-state index < -0.39 is 0 Å². The number of hydrogen-bond acceptors (Lipinski definition) is 4. The zero-order valence-corrected chi connectivity index (χ0v) is 11.1. The lowest BCUT2D eigenvalue weighted by molar-refractivity contribution is 0.154. The van der Waals surface area contributed by atoms with Crippen LogP contribution in [0.25, 0.3) is 0 Å². The van der Waals surface area contributed by atoms with Crippen LogP contribution in [-0.2, 0) is 5.54 Å². The Morgan fingerprint density at radius 1 is 1.62 bits per heavy atom. The van der Waals surface area contributed by atoms with Gasteiger partial charge in [0.2, 0.25) is 0 Å². The summed E-state index contributed by atoms with van der Waals surface area (Å²) in [6.07, 6.45) is 3.04. The largest absolute Gasteiger partial charge is 0.316 e. The molecular weight excluding hydrogens is 218 g/mol. The van der Waals surface area contributed by atoms with Gasteiger partial charge in [-0.3, -0.25) is 0 Å². The van der Waals surface area contributed by atoms with Gasteiger partial charge in [-0.15, -0.1) is 11.3 Å². The van der Waals surface area contributed by atoms with Gasteiger partial charge in [-0.25, -0.2) is 4.98 Å². The minimum Gasteiger partial charge on any atom is -0.316 e. The van der Waals surface area contributed by atoms with Crippen LogP contribution in [0.4, 0.5) is 0 Å². The molecule has 0 aliphatic carbocycles. The molecule has 1 aliphatic heterocycles. The molecule has 1 saturated heterocycles. The quantitative estimate of drug-likeness (QED) is 0.847. The molecule has 2 rings (SSSR count). The van der Waals surface area contributed by atoms with Crippen LogP contribution in [0.5, 0.6) is 0 Å². The second-order valence-electron chi connectivity index (χ2n) is 4.96. The van der Waals surface area contributed by atoms with Crippen molar-refractivity contribution in [3.05, 3.63) is 16.6 Å². The highest BCUT2D eigenvalue weighted by atomic mass is 32.1. The van der Waals surface area contributed by atoms with E-state index >= 15 is 0 Å². The van der Waals surface area contributed by atoms with Crippen molar-refractivity contribution in [2.75, 3.05) is 13.1 Å². The maximum atomic E-state index is 4.54. The lowest BCUT2D eigenvalue weighted by Crippen LogP contribution is -2.57. The fourth-order valence-electron chi connectivity index (χ4n) is 2.58. The van der Waals surface area contributed by atoms with E-state index in [0.717, 1.165) is 19.5 Å². The van der Waals surface area contributed by atoms with E-state index in [1.165, 1.54) is 5.01 Å². The fourth-order valence-corrected chi connectivity index (χ4v) is 3.52. The van der Waals surface area contributed by atoms with Crippen molar-refractivity contribution in [1.82, 2.24) is 15.6 Å². The van der Waals surface area contributed by atoms with Crippen LogP contribution in [0.1, 0.15) is 32.2 Å². The van der Waals surface area contributed by atoms with E-state index in [9.17, 15) is 0 Å². The Balaban J connectivity index is 2.31. The molecule has 2 N–H and O–H groups in total. The van der Waals surface area contributed by atoms with Gasteiger partial charge in [-0.1, -0.05) is 6.92 Å². The van der Waals surface area contributed by atoms with Crippen LogP contribution in [0.15, 0.2) is 11.6 Å². The van der Waals surface area contributed by atoms with E-state index in [4.69, 9.17) is 0 Å². The first kappa shape index (κ1) is 12.0. The summed E-state index contributed by atoms with van der Waals surface area (Å²) in [6.45, 7) is 8.88. The molecule has 1 aromatic rings. The predicted octanol–water partition coefficient (Wildman–Crippen LogP) is 1.97. The smallest absolute Gasteiger partial charge is 0.113 e. The minimum absolute atomic E-state index is 0.0770. The molecule has 1 aromatic heterocycles. The van der Waals surface area contributed by atoms with Crippen molar-refractivity contribution in [1.29, 1.82) is 0 Å². The van der Waals surface area contributed by atoms with Crippen molar-refractivity contribution in [3.63, 3.8) is 0 Å². The number of thiazole rings is 1. The first-order valence-electron chi connectivity index (χ1n) is 6.03. The standard InChI is InChI=1S/C12H21N3S/c1-9(2)15-12(11-14-6-7-16-11)4-5-13-8-10(12)3/h6-7,9-10,13,15H,4-5,8H2,1-3H3. The molecule has 4 heteroatoms. The third-order valence-corrected chi connectivity index (χ3v) is 4.30. The number of piperidine rings is 1. The first-order valence-corrected chi connectivity index (χ1v) is 6.91. The van der Waals surface area contributed by atoms with Gasteiger partial charge in [0.1, 0.15) is 5.01 Å². The van der Waals surface area contributed by atoms with Crippen LogP contribution in [0.3, 0.4) is 0 Å². The monoisotopic (exact) mass is 239 g/mol. The molecule has 1 aliphatic rings. The Morgan fingerprint density at radius 3 is 3.00 bits per heavy atom. The van der Waals surface area contributed by atoms with Crippen molar-refractivity contribution >= 4 is 11.3 Å². The van der Waals surface area contributed by atoms with Gasteiger partial charge in [0, 0.05) is 17.6 Å². The second kappa shape index (κ2) is 4.82. The molecule has 0 saturated carbocycles. The van der Waals surface area contributed by atoms with Crippen molar-refractivity contribution in [2.45, 2.75) is 38.8 Å². The van der Waals surface area contributed by atoms with Crippen LogP contribution in [0.2, 0.25) is 0 Å². The van der Waals surface area contributed by atoms with E-state index in [-0.39, 0.29) is 5.54 Å². The number of nitrogens with zero attached hydrogens (tertiary/aromatic N) is 1. The van der Waals surface area contributed by atoms with Gasteiger partial charge in [0.25, 0.3) is 0 Å². The highest BCUT2D eigenvalue weighted by Gasteiger charge is 2.41. The summed E-state index contributed by atoms with van der Waals surface area (Å²) >= 11 is 1.77. The van der Waals surface area contributed by atoms with E-state index in [1.54, 1.807) is 11.3 Å². The number of aromatic nitrogens is 1. The first-order chi connectivity index (χ1) is 7.65. The molecule has 2 unspecified atom stereocenters. The van der Waals surface area contributed by atoms with E-state index in [0.29, 0.717) is 12.0 Å². The zero-order chi connectivity index (χ0) is 11.6. The molecule has 3 nitrogen and oxygen atoms in total. The molecule has 0 amide bonds. The Hall–Kier alpha value is -0.450. The molecule has 1 fully saturated rings. The highest BCUT2D eigenvalue weighted by molar-refractivity contribution is 7.09. The van der Waals surface area contributed by atoms with Gasteiger partial charge < -0.3 is 10.6 Å². The van der Waals surface area contributed by atoms with Gasteiger partial charge >= 0.3 is 0 Å². The van der Waals surface area contributed by atoms with E-state index in [2.05, 4.69) is 41.8 Å². The summed E-state index contributed by atoms with van der Waals surface area (Å²) < 4.78 is 0. The average molecular weight is 239 g/mol. The molecule has 90 valence electrons. The Kier molecular flexibility index (Phi) is 3.62. The van der Waals surface area contributed by atoms with Crippen molar-refractivity contribution in [3.8, 4) is 0 Å². The normalized spacial score (nSPS) is 30.9. The Labute approximate surface area is 102 Å². The summed E-state index contributed by atoms with van der Waals surface area (Å²) in [6, 6.07) is 0.490. The summed E-state index contributed by atoms with van der Waals surface area (Å²) in [5, 5.41) is 10.5. The van der Waals surface area contributed by atoms with Gasteiger partial charge in [0.15, 0.2) is 0 Å². The molecule has 2 heterocycles. The molecule has 0 aromatic carbocycles. The summed E-state index contributed by atoms with van der Waals surface area (Å²) in [7, 11) is 0. The maximum absolute atomic E-state index is 4.54. The lowest BCUT2D eigenvalue weighted by atomic mass is 9.79. The Morgan fingerprint density at radius 2 is 2.44 bits per heavy atom. The third-order valence-electron chi connectivity index (χ3n) is 3.35. The van der Waals surface area contributed by atoms with Gasteiger partial charge in [-0.05, 0) is 39.3 Å². The molecule has 0 spiro atoms. The third kappa shape index (κ3) is 2.14. The fraction of sp³-hybridized carbons (Fsp3) is 0.750. The zero-order valence-electron chi connectivity index (χ0n) is 10.3. The van der Waals surface area contributed by atoms with Crippen LogP contribution >= 0.6 is 11.3 Å². The lowest BCUT2D eigenvalue weighted by Gasteiger charge is -2.43. The Bertz CT molecular complexity index is 323. The summed E-state index contributed by atoms with van der Waals surface area (Å²) in [5.41, 5.74) is 0.0770. The number of hydrogen-bond donors (Lipinski definition) is 2. The van der Waals surface area contributed by atoms with Crippen LogP contribution < -0.4 is 10.6 Å². The predicted molar refractivity (Wildman–Crippen MR) is 68.7 cm³/mol. The summed E-state index contributed by atoms with van der Waals surface area (Å²) in [5.74, 6) is 0.579. The van der Waals surface area contributed by atoms with Crippen LogP contribution in [0, 0.1) is 5.92 Å². The average Bonchev–Trinajstić information content (AvgIpc) is 2.74. The molecule has 16 heavy (non-hydrogen) atoms. The SMILES string of the molecule is CC(C)NC1(c2nccs2)CCNCC1C. The van der Waals surface area contributed by atoms with Crippen molar-refractivity contribution < 1.29 is 0 Å². The molecule has 0 bridgehead atoms.